The number of hydrogen-bond acceptors (Lipinski definition) is 3. The zero-order valence-corrected chi connectivity index (χ0v) is 19.7. The summed E-state index contributed by atoms with van der Waals surface area (Å²) in [5.41, 5.74) is 4.30. The van der Waals surface area contributed by atoms with Gasteiger partial charge in [-0.15, -0.1) is 0 Å². The molecule has 0 unspecified atom stereocenters. The maximum atomic E-state index is 9.81. The van der Waals surface area contributed by atoms with E-state index in [0.29, 0.717) is 42.8 Å². The molecule has 1 heterocycles. The van der Waals surface area contributed by atoms with Gasteiger partial charge >= 0.3 is 0 Å². The van der Waals surface area contributed by atoms with E-state index in [0.717, 1.165) is 22.2 Å². The van der Waals surface area contributed by atoms with E-state index in [-0.39, 0.29) is 6.61 Å². The molecule has 0 amide bonds. The molecule has 0 spiro atoms. The third-order valence-corrected chi connectivity index (χ3v) is 5.82. The van der Waals surface area contributed by atoms with E-state index in [4.69, 9.17) is 51.1 Å². The van der Waals surface area contributed by atoms with Gasteiger partial charge in [0.2, 0.25) is 0 Å². The van der Waals surface area contributed by atoms with Crippen LogP contribution in [0.2, 0.25) is 20.1 Å². The summed E-state index contributed by atoms with van der Waals surface area (Å²) < 4.78 is 5.98. The number of ether oxygens (including phenoxy) is 1. The van der Waals surface area contributed by atoms with Crippen molar-refractivity contribution in [1.82, 2.24) is 9.97 Å². The van der Waals surface area contributed by atoms with Crippen LogP contribution in [0.25, 0.3) is 22.7 Å². The SMILES string of the molecule is Cc1ccc2nc(/C(C#N)=C\c3cc(Cl)cc(Cl)c3OCc3ccc(Cl)cc3Cl)[nH]c2c1. The summed E-state index contributed by atoms with van der Waals surface area (Å²) in [6.45, 7) is 2.15. The summed E-state index contributed by atoms with van der Waals surface area (Å²) in [6.07, 6.45) is 1.64. The number of aryl methyl sites for hydroxylation is 1. The second-order valence-corrected chi connectivity index (χ2v) is 8.79. The second kappa shape index (κ2) is 9.44. The monoisotopic (exact) mass is 501 g/mol. The minimum absolute atomic E-state index is 0.157. The first-order valence-corrected chi connectivity index (χ1v) is 11.0. The Balaban J connectivity index is 1.72. The largest absolute Gasteiger partial charge is 0.487 e. The molecular formula is C24H15Cl4N3O. The Morgan fingerprint density at radius 2 is 1.81 bits per heavy atom. The molecule has 0 radical (unpaired) electrons. The van der Waals surface area contributed by atoms with Gasteiger partial charge in [-0.2, -0.15) is 5.26 Å². The zero-order valence-electron chi connectivity index (χ0n) is 16.7. The average Bonchev–Trinajstić information content (AvgIpc) is 3.15. The predicted octanol–water partition coefficient (Wildman–Crippen LogP) is 8.13. The Bertz CT molecular complexity index is 1400. The van der Waals surface area contributed by atoms with E-state index in [1.54, 1.807) is 36.4 Å². The van der Waals surface area contributed by atoms with Gasteiger partial charge in [0.05, 0.1) is 21.6 Å². The van der Waals surface area contributed by atoms with Crippen LogP contribution in [-0.4, -0.2) is 9.97 Å². The molecule has 8 heteroatoms. The highest BCUT2D eigenvalue weighted by Gasteiger charge is 2.14. The molecule has 32 heavy (non-hydrogen) atoms. The van der Waals surface area contributed by atoms with Crippen molar-refractivity contribution in [2.24, 2.45) is 0 Å². The lowest BCUT2D eigenvalue weighted by atomic mass is 10.1. The number of nitriles is 1. The molecule has 0 bridgehead atoms. The van der Waals surface area contributed by atoms with Crippen molar-refractivity contribution >= 4 is 69.1 Å². The van der Waals surface area contributed by atoms with E-state index in [2.05, 4.69) is 16.0 Å². The number of hydrogen-bond donors (Lipinski definition) is 1. The molecular weight excluding hydrogens is 488 g/mol. The molecule has 1 N–H and O–H groups in total. The molecule has 0 fully saturated rings. The Kier molecular flexibility index (Phi) is 6.64. The van der Waals surface area contributed by atoms with Crippen LogP contribution in [0.1, 0.15) is 22.5 Å². The number of nitrogens with one attached hydrogen (secondary N) is 1. The van der Waals surface area contributed by atoms with E-state index < -0.39 is 0 Å². The first-order valence-electron chi connectivity index (χ1n) is 9.48. The Hall–Kier alpha value is -2.68. The summed E-state index contributed by atoms with van der Waals surface area (Å²) in [4.78, 5) is 7.71. The summed E-state index contributed by atoms with van der Waals surface area (Å²) >= 11 is 24.9. The number of allylic oxidation sites excluding steroid dienone is 1. The molecule has 1 aromatic heterocycles. The van der Waals surface area contributed by atoms with Crippen LogP contribution in [0.15, 0.2) is 48.5 Å². The number of halogens is 4. The molecule has 0 aliphatic rings. The maximum absolute atomic E-state index is 9.81. The second-order valence-electron chi connectivity index (χ2n) is 7.11. The summed E-state index contributed by atoms with van der Waals surface area (Å²) in [5.74, 6) is 0.817. The van der Waals surface area contributed by atoms with Crippen molar-refractivity contribution in [2.75, 3.05) is 0 Å². The maximum Gasteiger partial charge on any atom is 0.149 e. The first-order chi connectivity index (χ1) is 15.3. The lowest BCUT2D eigenvalue weighted by molar-refractivity contribution is 0.306. The van der Waals surface area contributed by atoms with Crippen molar-refractivity contribution in [3.63, 3.8) is 0 Å². The summed E-state index contributed by atoms with van der Waals surface area (Å²) in [6, 6.07) is 16.4. The topological polar surface area (TPSA) is 61.7 Å². The molecule has 160 valence electrons. The Morgan fingerprint density at radius 3 is 2.56 bits per heavy atom. The zero-order chi connectivity index (χ0) is 22.8. The van der Waals surface area contributed by atoms with Gasteiger partial charge in [-0.05, 0) is 55.0 Å². The van der Waals surface area contributed by atoms with E-state index in [9.17, 15) is 5.26 Å². The molecule has 0 aliphatic carbocycles. The third-order valence-electron chi connectivity index (χ3n) is 4.74. The third kappa shape index (κ3) is 4.87. The lowest BCUT2D eigenvalue weighted by Gasteiger charge is -2.13. The molecule has 0 saturated carbocycles. The highest BCUT2D eigenvalue weighted by Crippen LogP contribution is 2.36. The number of fused-ring (bicyclic) bond motifs is 1. The minimum atomic E-state index is 0.157. The molecule has 4 aromatic rings. The Labute approximate surface area is 205 Å². The average molecular weight is 503 g/mol. The number of H-pyrrole nitrogens is 1. The van der Waals surface area contributed by atoms with Gasteiger partial charge in [-0.25, -0.2) is 4.98 Å². The highest BCUT2D eigenvalue weighted by molar-refractivity contribution is 6.36. The van der Waals surface area contributed by atoms with E-state index in [1.807, 2.05) is 25.1 Å². The van der Waals surface area contributed by atoms with Gasteiger partial charge < -0.3 is 9.72 Å². The normalized spacial score (nSPS) is 11.6. The number of aromatic nitrogens is 2. The van der Waals surface area contributed by atoms with Crippen LogP contribution in [0.4, 0.5) is 0 Å². The van der Waals surface area contributed by atoms with Gasteiger partial charge in [0.1, 0.15) is 24.3 Å². The van der Waals surface area contributed by atoms with Crippen LogP contribution < -0.4 is 4.74 Å². The lowest BCUT2D eigenvalue weighted by Crippen LogP contribution is -1.99. The molecule has 0 saturated heterocycles. The van der Waals surface area contributed by atoms with Crippen molar-refractivity contribution < 1.29 is 4.74 Å². The number of aromatic amines is 1. The summed E-state index contributed by atoms with van der Waals surface area (Å²) in [5, 5.41) is 11.5. The minimum Gasteiger partial charge on any atom is -0.487 e. The van der Waals surface area contributed by atoms with Crippen molar-refractivity contribution in [3.05, 3.63) is 91.1 Å². The van der Waals surface area contributed by atoms with Crippen LogP contribution in [0.3, 0.4) is 0 Å². The standard InChI is InChI=1S/C24H15Cl4N3O/c1-13-2-5-21-22(6-13)31-24(30-21)16(11-29)7-15-8-18(26)10-20(28)23(15)32-12-14-3-4-17(25)9-19(14)27/h2-10H,12H2,1H3,(H,30,31)/b16-7-. The fourth-order valence-electron chi connectivity index (χ4n) is 3.19. The summed E-state index contributed by atoms with van der Waals surface area (Å²) in [7, 11) is 0. The number of imidazole rings is 1. The van der Waals surface area contributed by atoms with Gasteiger partial charge in [0.15, 0.2) is 0 Å². The predicted molar refractivity (Wildman–Crippen MR) is 132 cm³/mol. The number of benzene rings is 3. The van der Waals surface area contributed by atoms with Gasteiger partial charge in [0, 0.05) is 26.2 Å². The van der Waals surface area contributed by atoms with Crippen LogP contribution in [0, 0.1) is 18.3 Å². The molecule has 0 aliphatic heterocycles. The fourth-order valence-corrected chi connectivity index (χ4v) is 4.22. The van der Waals surface area contributed by atoms with Gasteiger partial charge in [-0.1, -0.05) is 58.5 Å². The number of rotatable bonds is 5. The van der Waals surface area contributed by atoms with Crippen molar-refractivity contribution in [2.45, 2.75) is 13.5 Å². The van der Waals surface area contributed by atoms with Crippen molar-refractivity contribution in [3.8, 4) is 11.8 Å². The number of nitrogens with zero attached hydrogens (tertiary/aromatic N) is 2. The molecule has 4 nitrogen and oxygen atoms in total. The van der Waals surface area contributed by atoms with Gasteiger partial charge in [-0.3, -0.25) is 0 Å². The smallest absolute Gasteiger partial charge is 0.149 e. The van der Waals surface area contributed by atoms with Crippen LogP contribution in [-0.2, 0) is 6.61 Å². The molecule has 3 aromatic carbocycles. The highest BCUT2D eigenvalue weighted by atomic mass is 35.5. The van der Waals surface area contributed by atoms with E-state index in [1.165, 1.54) is 0 Å². The van der Waals surface area contributed by atoms with E-state index >= 15 is 0 Å². The molecule has 0 atom stereocenters. The quantitative estimate of drug-likeness (QED) is 0.280. The fraction of sp³-hybridized carbons (Fsp3) is 0.0833. The van der Waals surface area contributed by atoms with Crippen LogP contribution in [0.5, 0.6) is 5.75 Å². The van der Waals surface area contributed by atoms with Gasteiger partial charge in [0.25, 0.3) is 0 Å². The Morgan fingerprint density at radius 1 is 1.03 bits per heavy atom. The van der Waals surface area contributed by atoms with Crippen molar-refractivity contribution in [1.29, 1.82) is 5.26 Å². The molecule has 4 rings (SSSR count). The van der Waals surface area contributed by atoms with Crippen LogP contribution >= 0.6 is 46.4 Å². The first kappa shape index (κ1) is 22.5.